The third-order valence-corrected chi connectivity index (χ3v) is 3.05. The highest BCUT2D eigenvalue weighted by molar-refractivity contribution is 5.88. The number of hydrogen-bond acceptors (Lipinski definition) is 3. The Morgan fingerprint density at radius 1 is 1.32 bits per heavy atom. The standard InChI is InChI=1S/C15H18N2O2/c1-3-4-5-11-6-8-12(9-7-11)13-10-14(17-16-13)15(18)19-2/h6-10H,3-5H2,1-2H3,(H,16,17). The Morgan fingerprint density at radius 2 is 2.05 bits per heavy atom. The monoisotopic (exact) mass is 258 g/mol. The number of carbonyl (C=O) groups is 1. The zero-order valence-electron chi connectivity index (χ0n) is 11.3. The van der Waals surface area contributed by atoms with E-state index >= 15 is 0 Å². The lowest BCUT2D eigenvalue weighted by Crippen LogP contribution is -2.00. The van der Waals surface area contributed by atoms with Crippen molar-refractivity contribution in [2.75, 3.05) is 7.11 Å². The molecule has 100 valence electrons. The number of nitrogens with one attached hydrogen (secondary N) is 1. The normalized spacial score (nSPS) is 10.4. The number of aromatic nitrogens is 2. The van der Waals surface area contributed by atoms with Gasteiger partial charge in [0.2, 0.25) is 0 Å². The van der Waals surface area contributed by atoms with E-state index in [1.807, 2.05) is 12.1 Å². The number of unbranched alkanes of at least 4 members (excludes halogenated alkanes) is 1. The summed E-state index contributed by atoms with van der Waals surface area (Å²) in [6.07, 6.45) is 3.50. The molecule has 0 unspecified atom stereocenters. The van der Waals surface area contributed by atoms with Gasteiger partial charge in [-0.3, -0.25) is 5.10 Å². The first-order valence-corrected chi connectivity index (χ1v) is 6.47. The summed E-state index contributed by atoms with van der Waals surface area (Å²) >= 11 is 0. The van der Waals surface area contributed by atoms with Crippen LogP contribution in [0.4, 0.5) is 0 Å². The summed E-state index contributed by atoms with van der Waals surface area (Å²) in [6, 6.07) is 9.98. The van der Waals surface area contributed by atoms with Crippen LogP contribution in [-0.2, 0) is 11.2 Å². The van der Waals surface area contributed by atoms with Crippen molar-refractivity contribution in [1.29, 1.82) is 0 Å². The first-order chi connectivity index (χ1) is 9.24. The van der Waals surface area contributed by atoms with Gasteiger partial charge in [-0.05, 0) is 24.5 Å². The molecule has 0 saturated carbocycles. The highest BCUT2D eigenvalue weighted by Gasteiger charge is 2.10. The lowest BCUT2D eigenvalue weighted by atomic mass is 10.0. The van der Waals surface area contributed by atoms with Gasteiger partial charge in [0, 0.05) is 5.56 Å². The van der Waals surface area contributed by atoms with Crippen LogP contribution in [0.2, 0.25) is 0 Å². The van der Waals surface area contributed by atoms with E-state index in [-0.39, 0.29) is 0 Å². The number of benzene rings is 1. The summed E-state index contributed by atoms with van der Waals surface area (Å²) < 4.78 is 4.64. The number of carbonyl (C=O) groups excluding carboxylic acids is 1. The van der Waals surface area contributed by atoms with Crippen LogP contribution in [0.1, 0.15) is 35.8 Å². The van der Waals surface area contributed by atoms with E-state index in [2.05, 4.69) is 34.0 Å². The fourth-order valence-corrected chi connectivity index (χ4v) is 1.91. The summed E-state index contributed by atoms with van der Waals surface area (Å²) in [5.41, 5.74) is 3.44. The molecule has 0 saturated heterocycles. The first kappa shape index (κ1) is 13.3. The maximum absolute atomic E-state index is 11.3. The van der Waals surface area contributed by atoms with Crippen LogP contribution in [0.25, 0.3) is 11.3 Å². The van der Waals surface area contributed by atoms with E-state index < -0.39 is 5.97 Å². The average Bonchev–Trinajstić information content (AvgIpc) is 2.94. The molecule has 1 N–H and O–H groups in total. The topological polar surface area (TPSA) is 55.0 Å². The Kier molecular flexibility index (Phi) is 4.34. The number of ether oxygens (including phenoxy) is 1. The average molecular weight is 258 g/mol. The molecule has 1 aromatic heterocycles. The largest absolute Gasteiger partial charge is 0.464 e. The van der Waals surface area contributed by atoms with Crippen molar-refractivity contribution in [1.82, 2.24) is 10.2 Å². The fraction of sp³-hybridized carbons (Fsp3) is 0.333. The van der Waals surface area contributed by atoms with Crippen LogP contribution >= 0.6 is 0 Å². The van der Waals surface area contributed by atoms with Gasteiger partial charge in [0.25, 0.3) is 0 Å². The van der Waals surface area contributed by atoms with Crippen LogP contribution in [0.3, 0.4) is 0 Å². The van der Waals surface area contributed by atoms with E-state index in [1.165, 1.54) is 25.5 Å². The lowest BCUT2D eigenvalue weighted by Gasteiger charge is -2.01. The number of aryl methyl sites for hydroxylation is 1. The highest BCUT2D eigenvalue weighted by Crippen LogP contribution is 2.19. The number of esters is 1. The Balaban J connectivity index is 2.13. The molecule has 4 heteroatoms. The number of hydrogen-bond donors (Lipinski definition) is 1. The van der Waals surface area contributed by atoms with Gasteiger partial charge in [0.1, 0.15) is 5.69 Å². The molecule has 0 aliphatic heterocycles. The second-order valence-electron chi connectivity index (χ2n) is 4.46. The molecule has 2 rings (SSSR count). The Morgan fingerprint density at radius 3 is 2.68 bits per heavy atom. The van der Waals surface area contributed by atoms with Gasteiger partial charge >= 0.3 is 5.97 Å². The van der Waals surface area contributed by atoms with Crippen molar-refractivity contribution < 1.29 is 9.53 Å². The molecular formula is C15H18N2O2. The summed E-state index contributed by atoms with van der Waals surface area (Å²) in [4.78, 5) is 11.3. The van der Waals surface area contributed by atoms with Crippen molar-refractivity contribution in [2.24, 2.45) is 0 Å². The number of nitrogens with zero attached hydrogens (tertiary/aromatic N) is 1. The quantitative estimate of drug-likeness (QED) is 0.838. The molecule has 0 spiro atoms. The minimum Gasteiger partial charge on any atom is -0.464 e. The molecule has 0 amide bonds. The van der Waals surface area contributed by atoms with Gasteiger partial charge in [-0.2, -0.15) is 5.10 Å². The molecule has 0 fully saturated rings. The minimum absolute atomic E-state index is 0.368. The van der Waals surface area contributed by atoms with Crippen molar-refractivity contribution in [3.8, 4) is 11.3 Å². The Bertz CT molecular complexity index is 544. The van der Waals surface area contributed by atoms with Crippen LogP contribution in [0.15, 0.2) is 30.3 Å². The van der Waals surface area contributed by atoms with E-state index in [4.69, 9.17) is 0 Å². The predicted molar refractivity (Wildman–Crippen MR) is 74.0 cm³/mol. The first-order valence-electron chi connectivity index (χ1n) is 6.47. The minimum atomic E-state index is -0.404. The second kappa shape index (κ2) is 6.18. The van der Waals surface area contributed by atoms with Crippen LogP contribution in [0, 0.1) is 0 Å². The van der Waals surface area contributed by atoms with Gasteiger partial charge < -0.3 is 4.74 Å². The molecule has 1 aromatic carbocycles. The van der Waals surface area contributed by atoms with Gasteiger partial charge in [-0.1, -0.05) is 37.6 Å². The number of aromatic amines is 1. The zero-order chi connectivity index (χ0) is 13.7. The summed E-state index contributed by atoms with van der Waals surface area (Å²) in [6.45, 7) is 2.19. The third-order valence-electron chi connectivity index (χ3n) is 3.05. The Hall–Kier alpha value is -2.10. The Labute approximate surface area is 112 Å². The van der Waals surface area contributed by atoms with E-state index in [0.29, 0.717) is 5.69 Å². The van der Waals surface area contributed by atoms with E-state index in [0.717, 1.165) is 17.7 Å². The molecule has 4 nitrogen and oxygen atoms in total. The maximum atomic E-state index is 11.3. The van der Waals surface area contributed by atoms with Crippen molar-refractivity contribution in [2.45, 2.75) is 26.2 Å². The van der Waals surface area contributed by atoms with Crippen molar-refractivity contribution in [3.05, 3.63) is 41.6 Å². The molecule has 0 bridgehead atoms. The third kappa shape index (κ3) is 3.22. The molecule has 2 aromatic rings. The number of methoxy groups -OCH3 is 1. The molecule has 0 atom stereocenters. The van der Waals surface area contributed by atoms with Gasteiger partial charge in [-0.25, -0.2) is 4.79 Å². The van der Waals surface area contributed by atoms with E-state index in [9.17, 15) is 4.79 Å². The molecule has 19 heavy (non-hydrogen) atoms. The zero-order valence-corrected chi connectivity index (χ0v) is 11.3. The highest BCUT2D eigenvalue weighted by atomic mass is 16.5. The molecule has 1 heterocycles. The summed E-state index contributed by atoms with van der Waals surface area (Å²) in [5.74, 6) is -0.404. The van der Waals surface area contributed by atoms with Gasteiger partial charge in [-0.15, -0.1) is 0 Å². The van der Waals surface area contributed by atoms with Crippen LogP contribution in [0.5, 0.6) is 0 Å². The van der Waals surface area contributed by atoms with Crippen LogP contribution < -0.4 is 0 Å². The molecular weight excluding hydrogens is 240 g/mol. The smallest absolute Gasteiger partial charge is 0.356 e. The molecule has 0 radical (unpaired) electrons. The van der Waals surface area contributed by atoms with Crippen LogP contribution in [-0.4, -0.2) is 23.3 Å². The molecule has 0 aliphatic rings. The maximum Gasteiger partial charge on any atom is 0.356 e. The fourth-order valence-electron chi connectivity index (χ4n) is 1.91. The van der Waals surface area contributed by atoms with E-state index in [1.54, 1.807) is 6.07 Å². The summed E-state index contributed by atoms with van der Waals surface area (Å²) in [5, 5.41) is 6.80. The SMILES string of the molecule is CCCCc1ccc(-c2cc(C(=O)OC)[nH]n2)cc1. The predicted octanol–water partition coefficient (Wildman–Crippen LogP) is 3.21. The second-order valence-corrected chi connectivity index (χ2v) is 4.46. The van der Waals surface area contributed by atoms with Crippen molar-refractivity contribution in [3.63, 3.8) is 0 Å². The lowest BCUT2D eigenvalue weighted by molar-refractivity contribution is 0.0594. The number of H-pyrrole nitrogens is 1. The van der Waals surface area contributed by atoms with Gasteiger partial charge in [0.15, 0.2) is 0 Å². The number of rotatable bonds is 5. The van der Waals surface area contributed by atoms with Gasteiger partial charge in [0.05, 0.1) is 12.8 Å². The summed E-state index contributed by atoms with van der Waals surface area (Å²) in [7, 11) is 1.35. The molecule has 0 aliphatic carbocycles. The van der Waals surface area contributed by atoms with Crippen molar-refractivity contribution >= 4 is 5.97 Å².